The van der Waals surface area contributed by atoms with E-state index >= 15 is 0 Å². The molecule has 1 nitrogen and oxygen atoms in total. The lowest BCUT2D eigenvalue weighted by Crippen LogP contribution is -2.12. The van der Waals surface area contributed by atoms with E-state index in [4.69, 9.17) is 17.3 Å². The predicted molar refractivity (Wildman–Crippen MR) is 74.1 cm³/mol. The van der Waals surface area contributed by atoms with E-state index in [1.165, 1.54) is 17.0 Å². The maximum absolute atomic E-state index is 13.3. The van der Waals surface area contributed by atoms with Gasteiger partial charge in [-0.2, -0.15) is 0 Å². The molecule has 0 spiro atoms. The number of rotatable bonds is 3. The van der Waals surface area contributed by atoms with Crippen LogP contribution in [0.5, 0.6) is 0 Å². The highest BCUT2D eigenvalue weighted by molar-refractivity contribution is 9.10. The van der Waals surface area contributed by atoms with Gasteiger partial charge in [0.05, 0.1) is 5.02 Å². The summed E-state index contributed by atoms with van der Waals surface area (Å²) in [5.74, 6) is -0.424. The number of thiophene rings is 1. The van der Waals surface area contributed by atoms with Crippen molar-refractivity contribution in [3.05, 3.63) is 55.4 Å². The fraction of sp³-hybridized carbons (Fsp3) is 0.167. The van der Waals surface area contributed by atoms with E-state index in [1.807, 2.05) is 11.4 Å². The molecule has 0 saturated heterocycles. The molecule has 1 aromatic carbocycles. The van der Waals surface area contributed by atoms with Crippen molar-refractivity contribution in [2.45, 2.75) is 12.5 Å². The summed E-state index contributed by atoms with van der Waals surface area (Å²) < 4.78 is 14.3. The maximum atomic E-state index is 13.3. The van der Waals surface area contributed by atoms with E-state index < -0.39 is 5.82 Å². The van der Waals surface area contributed by atoms with Crippen molar-refractivity contribution >= 4 is 38.9 Å². The third-order valence-electron chi connectivity index (χ3n) is 2.41. The zero-order valence-electron chi connectivity index (χ0n) is 8.79. The van der Waals surface area contributed by atoms with Gasteiger partial charge in [-0.3, -0.25) is 0 Å². The van der Waals surface area contributed by atoms with Crippen LogP contribution in [0.3, 0.4) is 0 Å². The summed E-state index contributed by atoms with van der Waals surface area (Å²) in [7, 11) is 0. The van der Waals surface area contributed by atoms with Gasteiger partial charge in [0.15, 0.2) is 0 Å². The van der Waals surface area contributed by atoms with Gasteiger partial charge in [0.25, 0.3) is 0 Å². The molecule has 2 rings (SSSR count). The van der Waals surface area contributed by atoms with Crippen molar-refractivity contribution in [1.29, 1.82) is 0 Å². The van der Waals surface area contributed by atoms with Crippen LogP contribution in [-0.2, 0) is 6.42 Å². The largest absolute Gasteiger partial charge is 0.324 e. The summed E-state index contributed by atoms with van der Waals surface area (Å²) in [5, 5.41) is 2.13. The van der Waals surface area contributed by atoms with Gasteiger partial charge in [-0.15, -0.1) is 11.3 Å². The highest BCUT2D eigenvalue weighted by Crippen LogP contribution is 2.26. The Morgan fingerprint density at radius 1 is 1.41 bits per heavy atom. The van der Waals surface area contributed by atoms with Crippen LogP contribution in [0.1, 0.15) is 16.5 Å². The van der Waals surface area contributed by atoms with Crippen LogP contribution in [0.15, 0.2) is 34.1 Å². The molecule has 1 unspecified atom stereocenters. The summed E-state index contributed by atoms with van der Waals surface area (Å²) in [5.41, 5.74) is 6.80. The smallest absolute Gasteiger partial charge is 0.142 e. The van der Waals surface area contributed by atoms with Gasteiger partial charge < -0.3 is 5.73 Å². The van der Waals surface area contributed by atoms with Crippen LogP contribution < -0.4 is 5.73 Å². The van der Waals surface area contributed by atoms with E-state index in [-0.39, 0.29) is 11.1 Å². The van der Waals surface area contributed by atoms with E-state index in [0.29, 0.717) is 6.42 Å². The Labute approximate surface area is 117 Å². The van der Waals surface area contributed by atoms with Gasteiger partial charge in [-0.25, -0.2) is 4.39 Å². The first-order valence-electron chi connectivity index (χ1n) is 4.99. The molecule has 0 saturated carbocycles. The molecule has 1 atom stereocenters. The van der Waals surface area contributed by atoms with Crippen LogP contribution in [0.4, 0.5) is 4.39 Å². The summed E-state index contributed by atoms with van der Waals surface area (Å²) >= 11 is 10.7. The average molecular weight is 335 g/mol. The number of halogens is 3. The number of benzene rings is 1. The van der Waals surface area contributed by atoms with E-state index in [0.717, 1.165) is 10.0 Å². The Morgan fingerprint density at radius 3 is 2.76 bits per heavy atom. The molecule has 1 aromatic heterocycles. The molecule has 0 bridgehead atoms. The molecular weight excluding hydrogens is 325 g/mol. The second-order valence-electron chi connectivity index (χ2n) is 3.72. The fourth-order valence-corrected chi connectivity index (χ4v) is 3.17. The molecule has 0 aliphatic heterocycles. The van der Waals surface area contributed by atoms with Crippen molar-refractivity contribution in [3.8, 4) is 0 Å². The Hall–Kier alpha value is -0.420. The standard InChI is InChI=1S/C12H10BrClFNS/c13-8-4-9(17-6-8)5-12(16)7-1-2-10(14)11(15)3-7/h1-4,6,12H,5,16H2. The van der Waals surface area contributed by atoms with E-state index in [9.17, 15) is 4.39 Å². The van der Waals surface area contributed by atoms with Crippen molar-refractivity contribution in [2.75, 3.05) is 0 Å². The molecule has 90 valence electrons. The van der Waals surface area contributed by atoms with Crippen LogP contribution in [0.25, 0.3) is 0 Å². The minimum atomic E-state index is -0.424. The molecule has 5 heteroatoms. The lowest BCUT2D eigenvalue weighted by Gasteiger charge is -2.11. The lowest BCUT2D eigenvalue weighted by molar-refractivity contribution is 0.619. The Morgan fingerprint density at radius 2 is 2.18 bits per heavy atom. The molecule has 0 aliphatic rings. The van der Waals surface area contributed by atoms with Crippen LogP contribution in [-0.4, -0.2) is 0 Å². The first kappa shape index (κ1) is 13.0. The van der Waals surface area contributed by atoms with Gasteiger partial charge in [0.2, 0.25) is 0 Å². The van der Waals surface area contributed by atoms with Gasteiger partial charge in [0, 0.05) is 27.2 Å². The second kappa shape index (κ2) is 5.48. The van der Waals surface area contributed by atoms with Crippen molar-refractivity contribution < 1.29 is 4.39 Å². The monoisotopic (exact) mass is 333 g/mol. The molecule has 0 radical (unpaired) electrons. The number of hydrogen-bond donors (Lipinski definition) is 1. The Kier molecular flexibility index (Phi) is 4.20. The van der Waals surface area contributed by atoms with Crippen LogP contribution >= 0.6 is 38.9 Å². The lowest BCUT2D eigenvalue weighted by atomic mass is 10.0. The van der Waals surface area contributed by atoms with Gasteiger partial charge in [0.1, 0.15) is 5.82 Å². The Balaban J connectivity index is 2.14. The van der Waals surface area contributed by atoms with Crippen LogP contribution in [0.2, 0.25) is 5.02 Å². The van der Waals surface area contributed by atoms with Crippen LogP contribution in [0, 0.1) is 5.82 Å². The molecule has 2 N–H and O–H groups in total. The Bertz CT molecular complexity index is 529. The third kappa shape index (κ3) is 3.28. The van der Waals surface area contributed by atoms with E-state index in [1.54, 1.807) is 17.4 Å². The van der Waals surface area contributed by atoms with Gasteiger partial charge >= 0.3 is 0 Å². The van der Waals surface area contributed by atoms with Crippen molar-refractivity contribution in [1.82, 2.24) is 0 Å². The number of hydrogen-bond acceptors (Lipinski definition) is 2. The van der Waals surface area contributed by atoms with E-state index in [2.05, 4.69) is 15.9 Å². The molecule has 0 amide bonds. The highest BCUT2D eigenvalue weighted by atomic mass is 79.9. The summed E-state index contributed by atoms with van der Waals surface area (Å²) in [6.07, 6.45) is 0.692. The molecule has 17 heavy (non-hydrogen) atoms. The summed E-state index contributed by atoms with van der Waals surface area (Å²) in [4.78, 5) is 1.17. The maximum Gasteiger partial charge on any atom is 0.142 e. The number of nitrogens with two attached hydrogens (primary N) is 1. The zero-order valence-corrected chi connectivity index (χ0v) is 11.9. The van der Waals surface area contributed by atoms with Crippen molar-refractivity contribution in [3.63, 3.8) is 0 Å². The average Bonchev–Trinajstić information content (AvgIpc) is 2.68. The normalized spacial score (nSPS) is 12.7. The third-order valence-corrected chi connectivity index (χ3v) is 4.44. The summed E-state index contributed by atoms with van der Waals surface area (Å²) in [6.45, 7) is 0. The predicted octanol–water partition coefficient (Wildman–Crippen LogP) is 4.55. The molecular formula is C12H10BrClFNS. The minimum Gasteiger partial charge on any atom is -0.324 e. The van der Waals surface area contributed by atoms with Gasteiger partial charge in [-0.1, -0.05) is 17.7 Å². The second-order valence-corrected chi connectivity index (χ2v) is 6.03. The minimum absolute atomic E-state index is 0.125. The fourth-order valence-electron chi connectivity index (χ4n) is 1.54. The molecule has 0 aliphatic carbocycles. The van der Waals surface area contributed by atoms with Crippen molar-refractivity contribution in [2.24, 2.45) is 5.73 Å². The SMILES string of the molecule is NC(Cc1cc(Br)cs1)c1ccc(Cl)c(F)c1. The highest BCUT2D eigenvalue weighted by Gasteiger charge is 2.11. The molecule has 1 heterocycles. The molecule has 2 aromatic rings. The first-order valence-corrected chi connectivity index (χ1v) is 7.05. The quantitative estimate of drug-likeness (QED) is 0.876. The zero-order chi connectivity index (χ0) is 12.4. The summed E-state index contributed by atoms with van der Waals surface area (Å²) in [6, 6.07) is 6.51. The van der Waals surface area contributed by atoms with Gasteiger partial charge in [-0.05, 0) is 39.7 Å². The first-order chi connectivity index (χ1) is 8.06. The molecule has 0 fully saturated rings. The topological polar surface area (TPSA) is 26.0 Å².